The Labute approximate surface area is 118 Å². The third-order valence-corrected chi connectivity index (χ3v) is 5.08. The van der Waals surface area contributed by atoms with Crippen molar-refractivity contribution in [2.75, 3.05) is 0 Å². The topological polar surface area (TPSA) is 34.9 Å². The first-order chi connectivity index (χ1) is 9.13. The highest BCUT2D eigenvalue weighted by atomic mass is 32.1. The van der Waals surface area contributed by atoms with Gasteiger partial charge in [-0.25, -0.2) is 0 Å². The fraction of sp³-hybridized carbons (Fsp3) is 0.571. The summed E-state index contributed by atoms with van der Waals surface area (Å²) in [6.45, 7) is 3.28. The molecular formula is C14H17BN2OS. The van der Waals surface area contributed by atoms with Crippen LogP contribution in [0.5, 0.6) is 0 Å². The van der Waals surface area contributed by atoms with Crippen LogP contribution in [0.2, 0.25) is 0 Å². The lowest BCUT2D eigenvalue weighted by Gasteiger charge is -2.26. The van der Waals surface area contributed by atoms with Gasteiger partial charge in [-0.2, -0.15) is 4.98 Å². The molecule has 5 heteroatoms. The van der Waals surface area contributed by atoms with Gasteiger partial charge in [0.15, 0.2) is 0 Å². The van der Waals surface area contributed by atoms with Crippen LogP contribution in [0.4, 0.5) is 0 Å². The van der Waals surface area contributed by atoms with E-state index in [4.69, 9.17) is 7.85 Å². The van der Waals surface area contributed by atoms with Gasteiger partial charge < -0.3 is 4.57 Å². The molecule has 0 spiro atoms. The van der Waals surface area contributed by atoms with E-state index in [2.05, 4.69) is 16.5 Å². The van der Waals surface area contributed by atoms with Crippen molar-refractivity contribution < 1.29 is 0 Å². The maximum absolute atomic E-state index is 11.7. The van der Waals surface area contributed by atoms with E-state index in [1.165, 1.54) is 37.0 Å². The van der Waals surface area contributed by atoms with Gasteiger partial charge in [0.05, 0.1) is 11.8 Å². The Morgan fingerprint density at radius 1 is 1.42 bits per heavy atom. The van der Waals surface area contributed by atoms with E-state index in [1.54, 1.807) is 6.33 Å². The van der Waals surface area contributed by atoms with Gasteiger partial charge in [-0.05, 0) is 35.5 Å². The number of aromatic nitrogens is 2. The zero-order valence-electron chi connectivity index (χ0n) is 11.1. The largest absolute Gasteiger partial charge is 0.331 e. The molecule has 2 aromatic rings. The van der Waals surface area contributed by atoms with E-state index in [9.17, 15) is 4.79 Å². The normalized spacial score (nSPS) is 23.8. The number of thiophene rings is 1. The lowest BCUT2D eigenvalue weighted by atomic mass is 9.83. The fourth-order valence-corrected chi connectivity index (χ4v) is 3.77. The average Bonchev–Trinajstić information content (AvgIpc) is 2.78. The highest BCUT2D eigenvalue weighted by Crippen LogP contribution is 2.29. The van der Waals surface area contributed by atoms with Crippen molar-refractivity contribution >= 4 is 34.2 Å². The highest BCUT2D eigenvalue weighted by Gasteiger charge is 2.19. The maximum Gasteiger partial charge on any atom is 0.290 e. The highest BCUT2D eigenvalue weighted by molar-refractivity contribution is 7.26. The second-order valence-electron chi connectivity index (χ2n) is 5.69. The Kier molecular flexibility index (Phi) is 3.48. The molecular weight excluding hydrogens is 255 g/mol. The number of hydrogen-bond donors (Lipinski definition) is 0. The quantitative estimate of drug-likeness (QED) is 0.784. The summed E-state index contributed by atoms with van der Waals surface area (Å²) in [5.74, 6) is 1.56. The molecule has 0 bridgehead atoms. The van der Waals surface area contributed by atoms with Crippen molar-refractivity contribution in [3.63, 3.8) is 0 Å². The Morgan fingerprint density at radius 3 is 2.89 bits per heavy atom. The molecule has 1 aliphatic carbocycles. The van der Waals surface area contributed by atoms with E-state index in [0.29, 0.717) is 15.4 Å². The van der Waals surface area contributed by atoms with Gasteiger partial charge in [-0.3, -0.25) is 4.79 Å². The molecule has 2 heterocycles. The van der Waals surface area contributed by atoms with Crippen LogP contribution in [0.1, 0.15) is 32.6 Å². The molecule has 0 atom stereocenters. The minimum absolute atomic E-state index is 0.162. The van der Waals surface area contributed by atoms with Crippen LogP contribution in [0, 0.1) is 11.8 Å². The van der Waals surface area contributed by atoms with Crippen molar-refractivity contribution in [2.45, 2.75) is 39.2 Å². The van der Waals surface area contributed by atoms with Crippen molar-refractivity contribution in [1.29, 1.82) is 0 Å². The smallest absolute Gasteiger partial charge is 0.290 e. The molecule has 1 aliphatic rings. The maximum atomic E-state index is 11.7. The summed E-state index contributed by atoms with van der Waals surface area (Å²) in [6, 6.07) is 1.90. The van der Waals surface area contributed by atoms with Gasteiger partial charge in [0.2, 0.25) is 0 Å². The third kappa shape index (κ3) is 2.61. The summed E-state index contributed by atoms with van der Waals surface area (Å²) in [5.41, 5.74) is 0.784. The van der Waals surface area contributed by atoms with Crippen LogP contribution in [-0.2, 0) is 6.54 Å². The molecule has 19 heavy (non-hydrogen) atoms. The molecule has 1 fully saturated rings. The minimum Gasteiger partial charge on any atom is -0.331 e. The summed E-state index contributed by atoms with van der Waals surface area (Å²) < 4.78 is 3.47. The van der Waals surface area contributed by atoms with Crippen LogP contribution in [0.3, 0.4) is 0 Å². The second kappa shape index (κ2) is 5.12. The Balaban J connectivity index is 1.89. The van der Waals surface area contributed by atoms with Gasteiger partial charge in [0, 0.05) is 6.54 Å². The number of rotatable bonds is 2. The first-order valence-electron chi connectivity index (χ1n) is 6.88. The van der Waals surface area contributed by atoms with Gasteiger partial charge >= 0.3 is 0 Å². The first kappa shape index (κ1) is 12.9. The summed E-state index contributed by atoms with van der Waals surface area (Å²) >= 11 is 1.34. The van der Waals surface area contributed by atoms with E-state index in [1.807, 2.05) is 6.07 Å². The summed E-state index contributed by atoms with van der Waals surface area (Å²) in [5, 5.41) is 0. The standard InChI is InChI=1S/C14H17BN2OS/c1-9-2-4-10(5-3-9)7-17-8-16-14(18)13-11(17)6-12(15)19-13/h6,8-10H,2-5,7H2,1H3. The molecule has 0 saturated heterocycles. The molecule has 1 saturated carbocycles. The lowest BCUT2D eigenvalue weighted by molar-refractivity contribution is 0.266. The van der Waals surface area contributed by atoms with Crippen LogP contribution < -0.4 is 10.3 Å². The van der Waals surface area contributed by atoms with Crippen molar-refractivity contribution in [3.05, 3.63) is 22.7 Å². The fourth-order valence-electron chi connectivity index (χ4n) is 2.94. The molecule has 0 amide bonds. The predicted molar refractivity (Wildman–Crippen MR) is 80.4 cm³/mol. The van der Waals surface area contributed by atoms with E-state index < -0.39 is 0 Å². The second-order valence-corrected chi connectivity index (χ2v) is 6.77. The van der Waals surface area contributed by atoms with Crippen molar-refractivity contribution in [1.82, 2.24) is 9.55 Å². The molecule has 98 valence electrons. The van der Waals surface area contributed by atoms with Crippen LogP contribution in [0.25, 0.3) is 10.2 Å². The zero-order valence-corrected chi connectivity index (χ0v) is 11.9. The van der Waals surface area contributed by atoms with E-state index in [-0.39, 0.29) is 5.56 Å². The lowest BCUT2D eigenvalue weighted by Crippen LogP contribution is -2.19. The van der Waals surface area contributed by atoms with Crippen LogP contribution in [-0.4, -0.2) is 17.4 Å². The Hall–Kier alpha value is -1.10. The van der Waals surface area contributed by atoms with Crippen LogP contribution in [0.15, 0.2) is 17.2 Å². The minimum atomic E-state index is -0.162. The number of fused-ring (bicyclic) bond motifs is 1. The molecule has 0 N–H and O–H groups in total. The summed E-state index contributed by atoms with van der Waals surface area (Å²) in [7, 11) is 5.82. The zero-order chi connectivity index (χ0) is 13.4. The monoisotopic (exact) mass is 272 g/mol. The molecule has 2 aromatic heterocycles. The Morgan fingerprint density at radius 2 is 2.16 bits per heavy atom. The molecule has 3 nitrogen and oxygen atoms in total. The predicted octanol–water partition coefficient (Wildman–Crippen LogP) is 2.08. The first-order valence-corrected chi connectivity index (χ1v) is 7.69. The van der Waals surface area contributed by atoms with E-state index in [0.717, 1.165) is 18.0 Å². The van der Waals surface area contributed by atoms with Gasteiger partial charge in [0.1, 0.15) is 12.5 Å². The van der Waals surface area contributed by atoms with Crippen LogP contribution >= 0.6 is 11.3 Å². The summed E-state index contributed by atoms with van der Waals surface area (Å²) in [4.78, 5) is 15.7. The SMILES string of the molecule is [B]c1cc2c(s1)c(=O)ncn2CC1CCC(C)CC1. The third-order valence-electron chi connectivity index (χ3n) is 4.14. The van der Waals surface area contributed by atoms with Crippen molar-refractivity contribution in [2.24, 2.45) is 11.8 Å². The van der Waals surface area contributed by atoms with Gasteiger partial charge in [-0.1, -0.05) is 19.8 Å². The Bertz CT molecular complexity index is 640. The average molecular weight is 272 g/mol. The van der Waals surface area contributed by atoms with Gasteiger partial charge in [-0.15, -0.1) is 11.3 Å². The van der Waals surface area contributed by atoms with Gasteiger partial charge in [0.25, 0.3) is 5.56 Å². The molecule has 0 aliphatic heterocycles. The molecule has 0 aromatic carbocycles. The van der Waals surface area contributed by atoms with E-state index >= 15 is 0 Å². The molecule has 0 unspecified atom stereocenters. The van der Waals surface area contributed by atoms with Crippen molar-refractivity contribution in [3.8, 4) is 0 Å². The molecule has 3 rings (SSSR count). The number of hydrogen-bond acceptors (Lipinski definition) is 3. The number of nitrogens with zero attached hydrogens (tertiary/aromatic N) is 2. The summed E-state index contributed by atoms with van der Waals surface area (Å²) in [6.07, 6.45) is 6.85. The molecule has 2 radical (unpaired) electrons.